The van der Waals surface area contributed by atoms with E-state index in [0.29, 0.717) is 17.6 Å². The van der Waals surface area contributed by atoms with Gasteiger partial charge in [-0.05, 0) is 42.7 Å². The van der Waals surface area contributed by atoms with Crippen molar-refractivity contribution in [1.82, 2.24) is 25.1 Å². The van der Waals surface area contributed by atoms with Gasteiger partial charge in [-0.15, -0.1) is 0 Å². The molecule has 0 spiro atoms. The quantitative estimate of drug-likeness (QED) is 0.456. The zero-order valence-corrected chi connectivity index (χ0v) is 21.7. The molecule has 2 N–H and O–H groups in total. The van der Waals surface area contributed by atoms with Crippen LogP contribution in [0.5, 0.6) is 0 Å². The third-order valence-electron chi connectivity index (χ3n) is 7.51. The molecule has 8 nitrogen and oxygen atoms in total. The lowest BCUT2D eigenvalue weighted by molar-refractivity contribution is -0.130. The number of benzene rings is 2. The Morgan fingerprint density at radius 1 is 0.778 bits per heavy atom. The van der Waals surface area contributed by atoms with Crippen LogP contribution in [0.15, 0.2) is 48.5 Å². The summed E-state index contributed by atoms with van der Waals surface area (Å²) in [6.07, 6.45) is 0. The zero-order valence-electron chi connectivity index (χ0n) is 21.7. The van der Waals surface area contributed by atoms with Crippen LogP contribution in [0.1, 0.15) is 47.8 Å². The highest BCUT2D eigenvalue weighted by Gasteiger charge is 2.29. The highest BCUT2D eigenvalue weighted by atomic mass is 16.5. The zero-order chi connectivity index (χ0) is 25.7. The average Bonchev–Trinajstić information content (AvgIpc) is 2.87. The van der Waals surface area contributed by atoms with Crippen molar-refractivity contribution in [2.75, 3.05) is 39.3 Å². The Hall–Kier alpha value is -2.78. The summed E-state index contributed by atoms with van der Waals surface area (Å²) >= 11 is 0. The fourth-order valence-corrected chi connectivity index (χ4v) is 5.43. The van der Waals surface area contributed by atoms with Crippen LogP contribution in [-0.2, 0) is 24.4 Å². The van der Waals surface area contributed by atoms with E-state index >= 15 is 0 Å². The molecule has 0 unspecified atom stereocenters. The molecule has 0 bridgehead atoms. The van der Waals surface area contributed by atoms with Gasteiger partial charge in [-0.25, -0.2) is 5.48 Å². The molecule has 2 aliphatic rings. The van der Waals surface area contributed by atoms with Crippen LogP contribution in [0.25, 0.3) is 0 Å². The van der Waals surface area contributed by atoms with E-state index in [1.165, 1.54) is 11.1 Å². The van der Waals surface area contributed by atoms with Gasteiger partial charge in [0.2, 0.25) is 5.91 Å². The van der Waals surface area contributed by atoms with Gasteiger partial charge in [0, 0.05) is 83.5 Å². The maximum atomic E-state index is 11.5. The molecule has 0 radical (unpaired) electrons. The van der Waals surface area contributed by atoms with Crippen molar-refractivity contribution in [3.63, 3.8) is 0 Å². The summed E-state index contributed by atoms with van der Waals surface area (Å²) in [7, 11) is 0. The van der Waals surface area contributed by atoms with Crippen LogP contribution in [0.3, 0.4) is 0 Å². The van der Waals surface area contributed by atoms with Crippen molar-refractivity contribution in [3.8, 4) is 0 Å². The standard InChI is InChI=1S/C28H39N5O3/c1-21-16-31(19-25-8-10-27(11-9-25)28(35)29-36)17-22(2)33(21)20-26-6-4-24(5-7-26)18-30-12-14-32(15-13-30)23(3)34/h4-11,21-22,36H,12-20H2,1-3H3,(H,29,35)/t21-,22+. The molecule has 0 aromatic heterocycles. The van der Waals surface area contributed by atoms with Gasteiger partial charge >= 0.3 is 0 Å². The number of piperazine rings is 2. The van der Waals surface area contributed by atoms with Gasteiger partial charge in [-0.2, -0.15) is 0 Å². The summed E-state index contributed by atoms with van der Waals surface area (Å²) in [6, 6.07) is 17.3. The lowest BCUT2D eigenvalue weighted by Crippen LogP contribution is -2.55. The number of amides is 2. The van der Waals surface area contributed by atoms with Crippen molar-refractivity contribution in [2.24, 2.45) is 0 Å². The van der Waals surface area contributed by atoms with Crippen molar-refractivity contribution >= 4 is 11.8 Å². The minimum Gasteiger partial charge on any atom is -0.340 e. The van der Waals surface area contributed by atoms with Crippen LogP contribution >= 0.6 is 0 Å². The summed E-state index contributed by atoms with van der Waals surface area (Å²) in [5.74, 6) is -0.315. The van der Waals surface area contributed by atoms with E-state index in [4.69, 9.17) is 5.21 Å². The molecule has 4 rings (SSSR count). The largest absolute Gasteiger partial charge is 0.340 e. The molecule has 2 fully saturated rings. The van der Waals surface area contributed by atoms with E-state index in [1.54, 1.807) is 24.5 Å². The van der Waals surface area contributed by atoms with Crippen molar-refractivity contribution in [3.05, 3.63) is 70.8 Å². The normalized spacial score (nSPS) is 21.9. The Morgan fingerprint density at radius 2 is 1.25 bits per heavy atom. The second-order valence-electron chi connectivity index (χ2n) is 10.3. The maximum absolute atomic E-state index is 11.5. The molecule has 2 saturated heterocycles. The first-order valence-corrected chi connectivity index (χ1v) is 12.9. The molecule has 2 amide bonds. The first kappa shape index (κ1) is 26.3. The molecule has 2 atom stereocenters. The summed E-state index contributed by atoms with van der Waals surface area (Å²) in [5, 5.41) is 8.79. The molecule has 194 valence electrons. The van der Waals surface area contributed by atoms with Crippen molar-refractivity contribution < 1.29 is 14.8 Å². The molecule has 0 saturated carbocycles. The Labute approximate surface area is 214 Å². The van der Waals surface area contributed by atoms with Gasteiger partial charge in [0.15, 0.2) is 0 Å². The highest BCUT2D eigenvalue weighted by Crippen LogP contribution is 2.21. The number of carbonyl (C=O) groups is 2. The minimum atomic E-state index is -0.488. The number of carbonyl (C=O) groups excluding carboxylic acids is 2. The van der Waals surface area contributed by atoms with Crippen LogP contribution in [0.2, 0.25) is 0 Å². The fourth-order valence-electron chi connectivity index (χ4n) is 5.43. The van der Waals surface area contributed by atoms with E-state index in [-0.39, 0.29) is 5.91 Å². The monoisotopic (exact) mass is 493 g/mol. The summed E-state index contributed by atoms with van der Waals surface area (Å²) in [6.45, 7) is 14.5. The van der Waals surface area contributed by atoms with E-state index in [1.807, 2.05) is 17.0 Å². The van der Waals surface area contributed by atoms with E-state index in [9.17, 15) is 9.59 Å². The van der Waals surface area contributed by atoms with Gasteiger partial charge in [-0.1, -0.05) is 36.4 Å². The fraction of sp³-hybridized carbons (Fsp3) is 0.500. The molecular weight excluding hydrogens is 454 g/mol. The number of rotatable bonds is 7. The number of nitrogens with zero attached hydrogens (tertiary/aromatic N) is 4. The first-order valence-electron chi connectivity index (χ1n) is 12.9. The molecule has 0 aliphatic carbocycles. The van der Waals surface area contributed by atoms with Crippen LogP contribution in [0, 0.1) is 0 Å². The second kappa shape index (κ2) is 12.0. The van der Waals surface area contributed by atoms with E-state index in [0.717, 1.165) is 64.5 Å². The van der Waals surface area contributed by atoms with Crippen LogP contribution in [0.4, 0.5) is 0 Å². The predicted molar refractivity (Wildman–Crippen MR) is 139 cm³/mol. The van der Waals surface area contributed by atoms with Crippen molar-refractivity contribution in [1.29, 1.82) is 0 Å². The Balaban J connectivity index is 1.26. The van der Waals surface area contributed by atoms with Gasteiger partial charge in [0.25, 0.3) is 5.91 Å². The number of hydrogen-bond acceptors (Lipinski definition) is 6. The first-order chi connectivity index (χ1) is 17.3. The second-order valence-corrected chi connectivity index (χ2v) is 10.3. The molecule has 2 heterocycles. The predicted octanol–water partition coefficient (Wildman–Crippen LogP) is 2.56. The maximum Gasteiger partial charge on any atom is 0.274 e. The van der Waals surface area contributed by atoms with Gasteiger partial charge in [0.05, 0.1) is 0 Å². The smallest absolute Gasteiger partial charge is 0.274 e. The number of hydroxylamine groups is 1. The van der Waals surface area contributed by atoms with Crippen LogP contribution < -0.4 is 5.48 Å². The third kappa shape index (κ3) is 6.70. The average molecular weight is 494 g/mol. The summed E-state index contributed by atoms with van der Waals surface area (Å²) < 4.78 is 0. The van der Waals surface area contributed by atoms with E-state index in [2.05, 4.69) is 52.8 Å². The molecular formula is C28H39N5O3. The van der Waals surface area contributed by atoms with Gasteiger partial charge in [0.1, 0.15) is 0 Å². The third-order valence-corrected chi connectivity index (χ3v) is 7.51. The molecule has 2 aliphatic heterocycles. The molecule has 2 aromatic rings. The molecule has 36 heavy (non-hydrogen) atoms. The van der Waals surface area contributed by atoms with Crippen LogP contribution in [-0.4, -0.2) is 88.0 Å². The molecule has 8 heteroatoms. The van der Waals surface area contributed by atoms with Gasteiger partial charge < -0.3 is 4.90 Å². The topological polar surface area (TPSA) is 79.4 Å². The Kier molecular flexibility index (Phi) is 8.74. The Bertz CT molecular complexity index is 1010. The number of hydrogen-bond donors (Lipinski definition) is 2. The van der Waals surface area contributed by atoms with E-state index < -0.39 is 5.91 Å². The number of nitrogens with one attached hydrogen (secondary N) is 1. The molecule has 2 aromatic carbocycles. The highest BCUT2D eigenvalue weighted by molar-refractivity contribution is 5.93. The lowest BCUT2D eigenvalue weighted by Gasteiger charge is -2.44. The van der Waals surface area contributed by atoms with Gasteiger partial charge in [-0.3, -0.25) is 29.5 Å². The minimum absolute atomic E-state index is 0.173. The Morgan fingerprint density at radius 3 is 1.75 bits per heavy atom. The summed E-state index contributed by atoms with van der Waals surface area (Å²) in [5.41, 5.74) is 5.95. The lowest BCUT2D eigenvalue weighted by atomic mass is 10.0. The SMILES string of the molecule is CC(=O)N1CCN(Cc2ccc(CN3[C@H](C)CN(Cc4ccc(C(=O)NO)cc4)C[C@@H]3C)cc2)CC1. The van der Waals surface area contributed by atoms with Crippen molar-refractivity contribution in [2.45, 2.75) is 52.5 Å². The summed E-state index contributed by atoms with van der Waals surface area (Å²) in [4.78, 5) is 32.5.